The average molecular weight is 696 g/mol. The Morgan fingerprint density at radius 1 is 1.00 bits per heavy atom. The number of aryl methyl sites for hydroxylation is 1. The van der Waals surface area contributed by atoms with E-state index in [2.05, 4.69) is 10.6 Å². The summed E-state index contributed by atoms with van der Waals surface area (Å²) < 4.78 is 41.0. The molecule has 0 aliphatic carbocycles. The van der Waals surface area contributed by atoms with Gasteiger partial charge in [0.25, 0.3) is 6.47 Å². The third kappa shape index (κ3) is 9.72. The quantitative estimate of drug-likeness (QED) is 0.336. The summed E-state index contributed by atoms with van der Waals surface area (Å²) in [6.07, 6.45) is 2.48. The lowest BCUT2D eigenvalue weighted by Gasteiger charge is -2.28. The fraction of sp³-hybridized carbons (Fsp3) is 0.371. The van der Waals surface area contributed by atoms with E-state index in [1.54, 1.807) is 31.3 Å². The number of sulfone groups is 1. The zero-order valence-electron chi connectivity index (χ0n) is 27.7. The molecule has 1 unspecified atom stereocenters. The first-order valence-corrected chi connectivity index (χ1v) is 17.6. The summed E-state index contributed by atoms with van der Waals surface area (Å²) in [5.74, 6) is 1.18. The molecule has 0 fully saturated rings. The van der Waals surface area contributed by atoms with Crippen molar-refractivity contribution in [3.8, 4) is 28.4 Å². The topological polar surface area (TPSA) is 178 Å². The number of carboxylic acid groups (broad SMARTS) is 1. The summed E-state index contributed by atoms with van der Waals surface area (Å²) in [5, 5.41) is 12.9. The number of nitrogens with zero attached hydrogens (tertiary/aromatic N) is 1. The highest BCUT2D eigenvalue weighted by Crippen LogP contribution is 2.42. The van der Waals surface area contributed by atoms with Crippen LogP contribution in [0.2, 0.25) is 0 Å². The number of hydrogen-bond acceptors (Lipinski definition) is 9. The summed E-state index contributed by atoms with van der Waals surface area (Å²) in [4.78, 5) is 49.6. The van der Waals surface area contributed by atoms with Crippen molar-refractivity contribution in [2.24, 2.45) is 0 Å². The molecule has 13 nitrogen and oxygen atoms in total. The van der Waals surface area contributed by atoms with Crippen molar-refractivity contribution in [3.63, 3.8) is 0 Å². The Morgan fingerprint density at radius 3 is 2.41 bits per heavy atom. The van der Waals surface area contributed by atoms with Gasteiger partial charge in [-0.25, -0.2) is 8.42 Å². The SMILES string of the molecule is COc1cc2cc(c1OC)-c1ccc3c(c1)C(CCO3)NC(=O)CCN(C(=O)Cc1ccc(S(C)(=O)=O)cc1)CCNC(=O)CC2.O=CO. The van der Waals surface area contributed by atoms with E-state index in [1.165, 1.54) is 12.1 Å². The van der Waals surface area contributed by atoms with Gasteiger partial charge in [-0.3, -0.25) is 19.2 Å². The van der Waals surface area contributed by atoms with Gasteiger partial charge in [0.1, 0.15) is 5.75 Å². The molecule has 5 rings (SSSR count). The van der Waals surface area contributed by atoms with Gasteiger partial charge in [-0.2, -0.15) is 0 Å². The number of ether oxygens (including phenoxy) is 3. The molecule has 1 atom stereocenters. The van der Waals surface area contributed by atoms with Crippen LogP contribution in [0, 0.1) is 0 Å². The molecule has 0 aromatic heterocycles. The van der Waals surface area contributed by atoms with Crippen molar-refractivity contribution in [1.82, 2.24) is 15.5 Å². The van der Waals surface area contributed by atoms with Crippen LogP contribution in [-0.4, -0.2) is 89.3 Å². The minimum atomic E-state index is -3.36. The van der Waals surface area contributed by atoms with E-state index in [0.29, 0.717) is 42.3 Å². The van der Waals surface area contributed by atoms with Crippen LogP contribution < -0.4 is 24.8 Å². The summed E-state index contributed by atoms with van der Waals surface area (Å²) in [6.45, 7) is 0.777. The van der Waals surface area contributed by atoms with Crippen LogP contribution in [0.3, 0.4) is 0 Å². The normalized spacial score (nSPS) is 16.6. The lowest BCUT2D eigenvalue weighted by atomic mass is 9.93. The summed E-state index contributed by atoms with van der Waals surface area (Å²) in [7, 11) is -0.207. The van der Waals surface area contributed by atoms with Gasteiger partial charge >= 0.3 is 0 Å². The molecule has 0 saturated heterocycles. The molecular formula is C35H41N3O10S. The smallest absolute Gasteiger partial charge is 0.290 e. The van der Waals surface area contributed by atoms with Crippen LogP contribution in [0.5, 0.6) is 17.2 Å². The minimum Gasteiger partial charge on any atom is -0.493 e. The van der Waals surface area contributed by atoms with Gasteiger partial charge in [0.2, 0.25) is 17.7 Å². The Morgan fingerprint density at radius 2 is 1.73 bits per heavy atom. The van der Waals surface area contributed by atoms with Crippen LogP contribution >= 0.6 is 0 Å². The highest BCUT2D eigenvalue weighted by Gasteiger charge is 2.26. The van der Waals surface area contributed by atoms with Gasteiger partial charge in [-0.1, -0.05) is 18.2 Å². The average Bonchev–Trinajstić information content (AvgIpc) is 3.08. The number of carbonyl (C=O) groups is 4. The van der Waals surface area contributed by atoms with Crippen molar-refractivity contribution in [1.29, 1.82) is 0 Å². The van der Waals surface area contributed by atoms with E-state index in [4.69, 9.17) is 24.1 Å². The monoisotopic (exact) mass is 695 g/mol. The molecular weight excluding hydrogens is 654 g/mol. The molecule has 3 amide bonds. The summed E-state index contributed by atoms with van der Waals surface area (Å²) in [5.41, 5.74) is 4.04. The second-order valence-electron chi connectivity index (χ2n) is 11.6. The molecule has 2 aliphatic rings. The molecule has 3 aromatic rings. The molecule has 4 bridgehead atoms. The number of rotatable bonds is 5. The molecule has 0 saturated carbocycles. The first-order valence-electron chi connectivity index (χ1n) is 15.7. The van der Waals surface area contributed by atoms with E-state index in [0.717, 1.165) is 28.5 Å². The Labute approximate surface area is 285 Å². The highest BCUT2D eigenvalue weighted by atomic mass is 32.2. The van der Waals surface area contributed by atoms with Crippen molar-refractivity contribution >= 4 is 34.0 Å². The minimum absolute atomic E-state index is 0.0252. The number of benzene rings is 3. The summed E-state index contributed by atoms with van der Waals surface area (Å²) in [6, 6.07) is 15.5. The lowest BCUT2D eigenvalue weighted by molar-refractivity contribution is -0.132. The van der Waals surface area contributed by atoms with Gasteiger partial charge in [-0.15, -0.1) is 0 Å². The van der Waals surface area contributed by atoms with E-state index < -0.39 is 9.84 Å². The van der Waals surface area contributed by atoms with Crippen LogP contribution in [-0.2, 0) is 41.9 Å². The van der Waals surface area contributed by atoms with Crippen molar-refractivity contribution in [3.05, 3.63) is 71.3 Å². The van der Waals surface area contributed by atoms with E-state index in [-0.39, 0.29) is 74.0 Å². The Bertz CT molecular complexity index is 1780. The molecule has 3 N–H and O–H groups in total. The third-order valence-corrected chi connectivity index (χ3v) is 9.38. The standard InChI is InChI=1S/C34H39N3O8S.CH2O2/c1-43-30-19-23-6-11-31(38)35-14-16-37(33(40)20-22-4-8-25(9-5-22)46(3,41)42)15-12-32(39)36-28-13-17-45-29-10-7-24(21-27(28)29)26(18-23)34(30)44-2;2-1-3/h4-5,7-10,18-19,21,28H,6,11-17,20H2,1-3H3,(H,35,38)(H,36,39);1H,(H,2,3). The van der Waals surface area contributed by atoms with Crippen LogP contribution in [0.4, 0.5) is 0 Å². The maximum absolute atomic E-state index is 13.4. The summed E-state index contributed by atoms with van der Waals surface area (Å²) >= 11 is 0. The van der Waals surface area contributed by atoms with Gasteiger partial charge in [-0.05, 0) is 59.5 Å². The maximum Gasteiger partial charge on any atom is 0.290 e. The van der Waals surface area contributed by atoms with Crippen LogP contribution in [0.1, 0.15) is 42.0 Å². The van der Waals surface area contributed by atoms with Gasteiger partial charge in [0.05, 0.1) is 38.2 Å². The fourth-order valence-corrected chi connectivity index (χ4v) is 6.40. The number of hydrogen-bond donors (Lipinski definition) is 3. The first-order chi connectivity index (χ1) is 23.5. The van der Waals surface area contributed by atoms with E-state index in [1.807, 2.05) is 30.3 Å². The molecule has 3 aromatic carbocycles. The van der Waals surface area contributed by atoms with Gasteiger partial charge in [0.15, 0.2) is 21.3 Å². The second-order valence-corrected chi connectivity index (χ2v) is 13.6. The Kier molecular flexibility index (Phi) is 12.6. The maximum atomic E-state index is 13.4. The van der Waals surface area contributed by atoms with Crippen molar-refractivity contribution in [2.75, 3.05) is 46.7 Å². The molecule has 49 heavy (non-hydrogen) atoms. The number of carbonyl (C=O) groups excluding carboxylic acids is 3. The van der Waals surface area contributed by atoms with E-state index in [9.17, 15) is 22.8 Å². The van der Waals surface area contributed by atoms with E-state index >= 15 is 0 Å². The second kappa shape index (κ2) is 16.8. The fourth-order valence-electron chi connectivity index (χ4n) is 5.77. The Hall–Kier alpha value is -5.11. The third-order valence-electron chi connectivity index (χ3n) is 8.25. The predicted octanol–water partition coefficient (Wildman–Crippen LogP) is 2.94. The number of fused-ring (bicyclic) bond motifs is 4. The number of nitrogens with one attached hydrogen (secondary N) is 2. The number of methoxy groups -OCH3 is 2. The molecule has 2 aliphatic heterocycles. The first kappa shape index (κ1) is 36.7. The Balaban J connectivity index is 0.00000174. The molecule has 0 spiro atoms. The molecule has 2 heterocycles. The van der Waals surface area contributed by atoms with Gasteiger partial charge in [0, 0.05) is 56.3 Å². The highest BCUT2D eigenvalue weighted by molar-refractivity contribution is 7.90. The van der Waals surface area contributed by atoms with Crippen molar-refractivity contribution in [2.45, 2.75) is 43.0 Å². The molecule has 262 valence electrons. The number of amides is 3. The predicted molar refractivity (Wildman–Crippen MR) is 180 cm³/mol. The van der Waals surface area contributed by atoms with Crippen LogP contribution in [0.25, 0.3) is 11.1 Å². The van der Waals surface area contributed by atoms with Crippen molar-refractivity contribution < 1.29 is 46.9 Å². The zero-order valence-corrected chi connectivity index (χ0v) is 28.5. The largest absolute Gasteiger partial charge is 0.493 e. The molecule has 0 radical (unpaired) electrons. The zero-order chi connectivity index (χ0) is 35.6. The van der Waals surface area contributed by atoms with Crippen LogP contribution in [0.15, 0.2) is 59.5 Å². The van der Waals surface area contributed by atoms with Gasteiger partial charge < -0.3 is 34.9 Å². The molecule has 14 heteroatoms. The lowest BCUT2D eigenvalue weighted by Crippen LogP contribution is -2.41.